The molecule has 0 aromatic heterocycles. The van der Waals surface area contributed by atoms with E-state index in [0.717, 1.165) is 5.92 Å². The quantitative estimate of drug-likeness (QED) is 0.626. The molecule has 1 heterocycles. The average molecular weight is 222 g/mol. The van der Waals surface area contributed by atoms with E-state index in [1.807, 2.05) is 0 Å². The first-order chi connectivity index (χ1) is 7.68. The summed E-state index contributed by atoms with van der Waals surface area (Å²) < 4.78 is 6.08. The lowest BCUT2D eigenvalue weighted by atomic mass is 9.86. The summed E-state index contributed by atoms with van der Waals surface area (Å²) >= 11 is 0. The Hall–Kier alpha value is -0.300. The molecule has 0 radical (unpaired) electrons. The summed E-state index contributed by atoms with van der Waals surface area (Å²) in [5.41, 5.74) is 0.0229. The molecule has 1 aliphatic carbocycles. The molecule has 2 aliphatic rings. The number of hydrogen-bond donors (Lipinski definition) is 0. The molecule has 2 rings (SSSR count). The lowest BCUT2D eigenvalue weighted by Gasteiger charge is -2.35. The summed E-state index contributed by atoms with van der Waals surface area (Å²) in [6.07, 6.45) is 16.0. The third kappa shape index (κ3) is 3.35. The van der Waals surface area contributed by atoms with Gasteiger partial charge in [0, 0.05) is 0 Å². The monoisotopic (exact) mass is 222 g/mol. The zero-order valence-corrected chi connectivity index (χ0v) is 10.9. The number of ether oxygens (including phenoxy) is 1. The van der Waals surface area contributed by atoms with E-state index in [1.54, 1.807) is 0 Å². The summed E-state index contributed by atoms with van der Waals surface area (Å²) in [7, 11) is 0. The van der Waals surface area contributed by atoms with Crippen LogP contribution in [0.3, 0.4) is 0 Å². The Labute approximate surface area is 100 Å². The normalized spacial score (nSPS) is 38.0. The first-order valence-electron chi connectivity index (χ1n) is 7.05. The molecule has 16 heavy (non-hydrogen) atoms. The smallest absolute Gasteiger partial charge is 0.0838 e. The van der Waals surface area contributed by atoms with Crippen molar-refractivity contribution < 1.29 is 4.74 Å². The van der Waals surface area contributed by atoms with Gasteiger partial charge in [-0.15, -0.1) is 0 Å². The van der Waals surface area contributed by atoms with Crippen LogP contribution in [0.1, 0.15) is 65.2 Å². The van der Waals surface area contributed by atoms with Gasteiger partial charge in [-0.25, -0.2) is 0 Å². The molecule has 1 nitrogen and oxygen atoms in total. The van der Waals surface area contributed by atoms with Gasteiger partial charge >= 0.3 is 0 Å². The summed E-state index contributed by atoms with van der Waals surface area (Å²) in [6, 6.07) is 0. The molecular formula is C15H26O. The molecule has 2 atom stereocenters. The van der Waals surface area contributed by atoms with Crippen molar-refractivity contribution in [3.63, 3.8) is 0 Å². The van der Waals surface area contributed by atoms with Gasteiger partial charge in [0.2, 0.25) is 0 Å². The highest BCUT2D eigenvalue weighted by atomic mass is 16.5. The van der Waals surface area contributed by atoms with Gasteiger partial charge in [-0.1, -0.05) is 31.4 Å². The molecule has 1 heteroatoms. The molecule has 0 bridgehead atoms. The van der Waals surface area contributed by atoms with Gasteiger partial charge < -0.3 is 4.74 Å². The van der Waals surface area contributed by atoms with Crippen molar-refractivity contribution >= 4 is 0 Å². The van der Waals surface area contributed by atoms with Crippen molar-refractivity contribution in [1.29, 1.82) is 0 Å². The third-order valence-corrected chi connectivity index (χ3v) is 4.13. The summed E-state index contributed by atoms with van der Waals surface area (Å²) in [4.78, 5) is 0. The lowest BCUT2D eigenvalue weighted by Crippen LogP contribution is -2.35. The Morgan fingerprint density at radius 2 is 1.81 bits per heavy atom. The molecule has 0 amide bonds. The SMILES string of the molecule is C[C@H]1CCC[C@](C)(/C=C/C2CCCCC2)O1. The third-order valence-electron chi connectivity index (χ3n) is 4.13. The van der Waals surface area contributed by atoms with Crippen LogP contribution in [0.25, 0.3) is 0 Å². The van der Waals surface area contributed by atoms with Crippen LogP contribution in [-0.2, 0) is 4.74 Å². The second-order valence-electron chi connectivity index (χ2n) is 5.89. The predicted molar refractivity (Wildman–Crippen MR) is 68.5 cm³/mol. The Balaban J connectivity index is 1.88. The zero-order chi connectivity index (χ0) is 11.4. The first kappa shape index (κ1) is 12.2. The topological polar surface area (TPSA) is 9.23 Å². The summed E-state index contributed by atoms with van der Waals surface area (Å²) in [6.45, 7) is 4.45. The van der Waals surface area contributed by atoms with E-state index in [4.69, 9.17) is 4.74 Å². The molecule has 0 aromatic carbocycles. The van der Waals surface area contributed by atoms with Crippen LogP contribution in [0.4, 0.5) is 0 Å². The molecule has 2 fully saturated rings. The Kier molecular flexibility index (Phi) is 4.07. The van der Waals surface area contributed by atoms with Crippen molar-refractivity contribution in [2.45, 2.75) is 76.9 Å². The fourth-order valence-electron chi connectivity index (χ4n) is 3.11. The van der Waals surface area contributed by atoms with Crippen molar-refractivity contribution in [3.05, 3.63) is 12.2 Å². The van der Waals surface area contributed by atoms with Crippen molar-refractivity contribution in [3.8, 4) is 0 Å². The highest BCUT2D eigenvalue weighted by molar-refractivity contribution is 5.04. The van der Waals surface area contributed by atoms with Crippen molar-refractivity contribution in [1.82, 2.24) is 0 Å². The zero-order valence-electron chi connectivity index (χ0n) is 10.9. The second kappa shape index (κ2) is 5.35. The van der Waals surface area contributed by atoms with Gasteiger partial charge in [-0.2, -0.15) is 0 Å². The van der Waals surface area contributed by atoms with E-state index in [2.05, 4.69) is 26.0 Å². The lowest BCUT2D eigenvalue weighted by molar-refractivity contribution is -0.0797. The fraction of sp³-hybridized carbons (Fsp3) is 0.867. The largest absolute Gasteiger partial charge is 0.368 e. The van der Waals surface area contributed by atoms with Crippen molar-refractivity contribution in [2.75, 3.05) is 0 Å². The molecule has 1 saturated heterocycles. The Bertz CT molecular complexity index is 240. The second-order valence-corrected chi connectivity index (χ2v) is 5.89. The fourth-order valence-corrected chi connectivity index (χ4v) is 3.11. The molecule has 0 N–H and O–H groups in total. The number of rotatable bonds is 2. The van der Waals surface area contributed by atoms with Gasteiger partial charge in [-0.3, -0.25) is 0 Å². The highest BCUT2D eigenvalue weighted by Gasteiger charge is 2.28. The van der Waals surface area contributed by atoms with Crippen LogP contribution in [0.2, 0.25) is 0 Å². The van der Waals surface area contributed by atoms with Gasteiger partial charge in [0.1, 0.15) is 0 Å². The van der Waals surface area contributed by atoms with Crippen LogP contribution >= 0.6 is 0 Å². The minimum absolute atomic E-state index is 0.0229. The molecule has 0 spiro atoms. The number of allylic oxidation sites excluding steroid dienone is 1. The van der Waals surface area contributed by atoms with Crippen LogP contribution in [0, 0.1) is 5.92 Å². The molecule has 1 aliphatic heterocycles. The van der Waals surface area contributed by atoms with Crippen LogP contribution in [-0.4, -0.2) is 11.7 Å². The molecule has 92 valence electrons. The molecule has 1 saturated carbocycles. The first-order valence-corrected chi connectivity index (χ1v) is 7.05. The van der Waals surface area contributed by atoms with Crippen LogP contribution in [0.15, 0.2) is 12.2 Å². The van der Waals surface area contributed by atoms with Gasteiger partial charge in [0.05, 0.1) is 11.7 Å². The van der Waals surface area contributed by atoms with E-state index in [1.165, 1.54) is 51.4 Å². The number of hydrogen-bond acceptors (Lipinski definition) is 1. The van der Waals surface area contributed by atoms with E-state index in [0.29, 0.717) is 6.10 Å². The van der Waals surface area contributed by atoms with Gasteiger partial charge in [0.25, 0.3) is 0 Å². The average Bonchev–Trinajstić information content (AvgIpc) is 2.28. The Morgan fingerprint density at radius 3 is 2.50 bits per heavy atom. The molecular weight excluding hydrogens is 196 g/mol. The maximum atomic E-state index is 6.08. The van der Waals surface area contributed by atoms with Gasteiger partial charge in [-0.05, 0) is 51.9 Å². The standard InChI is InChI=1S/C15H26O/c1-13-7-6-11-15(2,16-13)12-10-14-8-4-3-5-9-14/h10,12-14H,3-9,11H2,1-2H3/b12-10+/t13-,15+/m0/s1. The predicted octanol–water partition coefficient (Wildman–Crippen LogP) is 4.47. The molecule has 0 unspecified atom stereocenters. The summed E-state index contributed by atoms with van der Waals surface area (Å²) in [5, 5.41) is 0. The minimum atomic E-state index is 0.0229. The molecule has 0 aromatic rings. The van der Waals surface area contributed by atoms with Crippen LogP contribution in [0.5, 0.6) is 0 Å². The Morgan fingerprint density at radius 1 is 1.06 bits per heavy atom. The van der Waals surface area contributed by atoms with E-state index in [-0.39, 0.29) is 5.60 Å². The maximum Gasteiger partial charge on any atom is 0.0838 e. The highest BCUT2D eigenvalue weighted by Crippen LogP contribution is 2.31. The minimum Gasteiger partial charge on any atom is -0.368 e. The summed E-state index contributed by atoms with van der Waals surface area (Å²) in [5.74, 6) is 0.825. The maximum absolute atomic E-state index is 6.08. The van der Waals surface area contributed by atoms with E-state index >= 15 is 0 Å². The van der Waals surface area contributed by atoms with Crippen LogP contribution < -0.4 is 0 Å². The van der Waals surface area contributed by atoms with E-state index in [9.17, 15) is 0 Å². The van der Waals surface area contributed by atoms with Crippen molar-refractivity contribution in [2.24, 2.45) is 5.92 Å². The van der Waals surface area contributed by atoms with Gasteiger partial charge in [0.15, 0.2) is 0 Å². The van der Waals surface area contributed by atoms with E-state index < -0.39 is 0 Å².